The summed E-state index contributed by atoms with van der Waals surface area (Å²) < 4.78 is 26.9. The zero-order chi connectivity index (χ0) is 23.3. The monoisotopic (exact) mass is 469 g/mol. The van der Waals surface area contributed by atoms with Gasteiger partial charge in [0.2, 0.25) is 0 Å². The molecule has 3 aliphatic rings. The molecule has 3 aliphatic heterocycles. The van der Waals surface area contributed by atoms with Gasteiger partial charge in [0.15, 0.2) is 5.78 Å². The summed E-state index contributed by atoms with van der Waals surface area (Å²) >= 11 is 1.75. The van der Waals surface area contributed by atoms with Crippen LogP contribution < -0.4 is 0 Å². The van der Waals surface area contributed by atoms with Gasteiger partial charge in [0, 0.05) is 28.7 Å². The number of thioether (sulfide) groups is 1. The normalized spacial score (nSPS) is 23.4. The van der Waals surface area contributed by atoms with E-state index in [0.717, 1.165) is 21.8 Å². The maximum Gasteiger partial charge on any atom is 0.273 e. The molecule has 0 radical (unpaired) electrons. The van der Waals surface area contributed by atoms with Crippen LogP contribution in [-0.4, -0.2) is 52.8 Å². The highest BCUT2D eigenvalue weighted by atomic mass is 32.2. The first-order valence-corrected chi connectivity index (χ1v) is 12.0. The number of hydrogen-bond donors (Lipinski definition) is 0. The van der Waals surface area contributed by atoms with E-state index in [0.29, 0.717) is 12.1 Å². The molecule has 0 saturated carbocycles. The molecule has 0 aromatic heterocycles. The van der Waals surface area contributed by atoms with Gasteiger partial charge in [-0.25, -0.2) is 8.78 Å². The van der Waals surface area contributed by atoms with Gasteiger partial charge in [-0.05, 0) is 29.7 Å². The molecule has 5 rings (SSSR count). The summed E-state index contributed by atoms with van der Waals surface area (Å²) in [4.78, 5) is 28.3. The molecule has 2 atom stereocenters. The van der Waals surface area contributed by atoms with Crippen molar-refractivity contribution >= 4 is 23.5 Å². The van der Waals surface area contributed by atoms with Crippen LogP contribution in [-0.2, 0) is 15.3 Å². The zero-order valence-corrected chi connectivity index (χ0v) is 19.3. The minimum atomic E-state index is -2.66. The molecule has 172 valence electrons. The summed E-state index contributed by atoms with van der Waals surface area (Å²) in [7, 11) is 0. The number of hydrazine groups is 1. The fraction of sp³-hybridized carbons (Fsp3) is 0.360. The van der Waals surface area contributed by atoms with Crippen LogP contribution >= 0.6 is 11.8 Å². The molecule has 3 heterocycles. The van der Waals surface area contributed by atoms with E-state index in [9.17, 15) is 18.4 Å². The number of halogens is 2. The number of benzene rings is 2. The van der Waals surface area contributed by atoms with Crippen LogP contribution in [0.5, 0.6) is 0 Å². The minimum Gasteiger partial charge on any atom is -0.317 e. The Morgan fingerprint density at radius 3 is 2.52 bits per heavy atom. The lowest BCUT2D eigenvalue weighted by Gasteiger charge is -2.51. The third-order valence-corrected chi connectivity index (χ3v) is 7.73. The third-order valence-electron chi connectivity index (χ3n) is 6.60. The molecule has 2 aromatic rings. The highest BCUT2D eigenvalue weighted by molar-refractivity contribution is 7.98. The van der Waals surface area contributed by atoms with E-state index in [1.807, 2.05) is 41.2 Å². The van der Waals surface area contributed by atoms with Gasteiger partial charge in [-0.2, -0.15) is 5.01 Å². The molecular weight excluding hydrogens is 444 g/mol. The van der Waals surface area contributed by atoms with Gasteiger partial charge in [-0.3, -0.25) is 14.6 Å². The minimum absolute atomic E-state index is 0.0267. The van der Waals surface area contributed by atoms with Crippen molar-refractivity contribution in [2.75, 3.05) is 19.8 Å². The number of ketones is 1. The van der Waals surface area contributed by atoms with Crippen molar-refractivity contribution in [1.29, 1.82) is 0 Å². The number of fused-ring (bicyclic) bond motifs is 3. The van der Waals surface area contributed by atoms with Crippen LogP contribution in [0.4, 0.5) is 8.78 Å². The highest BCUT2D eigenvalue weighted by Gasteiger charge is 2.46. The number of amides is 1. The van der Waals surface area contributed by atoms with Crippen LogP contribution in [0.15, 0.2) is 64.7 Å². The summed E-state index contributed by atoms with van der Waals surface area (Å²) in [5, 5.41) is 3.88. The Morgan fingerprint density at radius 1 is 1.06 bits per heavy atom. The van der Waals surface area contributed by atoms with E-state index < -0.39 is 18.9 Å². The molecule has 0 aliphatic carbocycles. The van der Waals surface area contributed by atoms with Crippen LogP contribution in [0.3, 0.4) is 0 Å². The molecule has 1 saturated heterocycles. The molecule has 0 N–H and O–H groups in total. The Kier molecular flexibility index (Phi) is 5.74. The molecule has 1 fully saturated rings. The topological polar surface area (TPSA) is 43.9 Å². The van der Waals surface area contributed by atoms with Gasteiger partial charge in [0.1, 0.15) is 5.70 Å². The number of nitrogens with zero attached hydrogens (tertiary/aromatic N) is 3. The number of allylic oxidation sites excluding steroid dienone is 1. The number of Topliss-reactive ketones (excluding diaryl/α,β-unsaturated/α-hetero) is 1. The van der Waals surface area contributed by atoms with E-state index >= 15 is 0 Å². The lowest BCUT2D eigenvalue weighted by atomic mass is 9.91. The maximum atomic E-state index is 13.5. The van der Waals surface area contributed by atoms with Crippen molar-refractivity contribution < 1.29 is 18.4 Å². The summed E-state index contributed by atoms with van der Waals surface area (Å²) in [6.07, 6.45) is -2.66. The molecule has 8 heteroatoms. The summed E-state index contributed by atoms with van der Waals surface area (Å²) in [5.41, 5.74) is 3.89. The van der Waals surface area contributed by atoms with Crippen molar-refractivity contribution in [2.24, 2.45) is 5.92 Å². The van der Waals surface area contributed by atoms with E-state index in [-0.39, 0.29) is 30.1 Å². The number of rotatable bonds is 3. The van der Waals surface area contributed by atoms with E-state index in [1.54, 1.807) is 18.7 Å². The van der Waals surface area contributed by atoms with Gasteiger partial charge in [0.25, 0.3) is 12.3 Å². The predicted octanol–water partition coefficient (Wildman–Crippen LogP) is 4.46. The van der Waals surface area contributed by atoms with Crippen molar-refractivity contribution in [3.8, 4) is 0 Å². The first-order chi connectivity index (χ1) is 15.9. The van der Waals surface area contributed by atoms with E-state index in [1.165, 1.54) is 10.5 Å². The molecule has 2 aromatic carbocycles. The molecule has 0 spiro atoms. The van der Waals surface area contributed by atoms with Crippen LogP contribution in [0.1, 0.15) is 36.6 Å². The van der Waals surface area contributed by atoms with Crippen molar-refractivity contribution in [1.82, 2.24) is 14.9 Å². The fourth-order valence-electron chi connectivity index (χ4n) is 5.03. The molecular formula is C25H25F2N3O2S. The lowest BCUT2D eigenvalue weighted by Crippen LogP contribution is -2.62. The van der Waals surface area contributed by atoms with Gasteiger partial charge >= 0.3 is 0 Å². The molecule has 5 nitrogen and oxygen atoms in total. The average molecular weight is 470 g/mol. The highest BCUT2D eigenvalue weighted by Crippen LogP contribution is 2.45. The summed E-state index contributed by atoms with van der Waals surface area (Å²) in [6, 6.07) is 16.0. The average Bonchev–Trinajstić information content (AvgIpc) is 2.96. The molecule has 33 heavy (non-hydrogen) atoms. The predicted molar refractivity (Wildman–Crippen MR) is 122 cm³/mol. The second-order valence-corrected chi connectivity index (χ2v) is 9.77. The number of carbonyl (C=O) groups is 2. The second-order valence-electron chi connectivity index (χ2n) is 8.75. The number of alkyl halides is 2. The number of hydrogen-bond acceptors (Lipinski definition) is 5. The van der Waals surface area contributed by atoms with E-state index in [4.69, 9.17) is 0 Å². The Bertz CT molecular complexity index is 1100. The first kappa shape index (κ1) is 22.1. The van der Waals surface area contributed by atoms with Crippen molar-refractivity contribution in [2.45, 2.75) is 37.0 Å². The maximum absolute atomic E-state index is 13.5. The van der Waals surface area contributed by atoms with Gasteiger partial charge in [-0.1, -0.05) is 49.4 Å². The van der Waals surface area contributed by atoms with E-state index in [2.05, 4.69) is 24.3 Å². The lowest BCUT2D eigenvalue weighted by molar-refractivity contribution is -0.162. The Hall–Kier alpha value is -2.71. The smallest absolute Gasteiger partial charge is 0.273 e. The van der Waals surface area contributed by atoms with Gasteiger partial charge < -0.3 is 4.90 Å². The molecule has 2 unspecified atom stereocenters. The Morgan fingerprint density at radius 2 is 1.76 bits per heavy atom. The van der Waals surface area contributed by atoms with Crippen molar-refractivity contribution in [3.05, 3.63) is 76.5 Å². The second kappa shape index (κ2) is 8.57. The van der Waals surface area contributed by atoms with Crippen LogP contribution in [0.25, 0.3) is 0 Å². The summed E-state index contributed by atoms with van der Waals surface area (Å²) in [5.74, 6) is -0.107. The fourth-order valence-corrected chi connectivity index (χ4v) is 6.12. The Balaban J connectivity index is 1.71. The summed E-state index contributed by atoms with van der Waals surface area (Å²) in [6.45, 7) is 3.18. The van der Waals surface area contributed by atoms with Gasteiger partial charge in [0.05, 0.1) is 19.3 Å². The van der Waals surface area contributed by atoms with Crippen LogP contribution in [0.2, 0.25) is 0 Å². The first-order valence-electron chi connectivity index (χ1n) is 11.0. The zero-order valence-electron chi connectivity index (χ0n) is 18.5. The third kappa shape index (κ3) is 3.75. The quantitative estimate of drug-likeness (QED) is 0.664. The number of carbonyl (C=O) groups excluding carboxylic acids is 2. The molecule has 1 amide bonds. The largest absolute Gasteiger partial charge is 0.317 e. The SMILES string of the molecule is CC1=C2C(=O)N(CC(F)F)CN(C3c4ccccc4CSc4ccccc43)N2CC(C)C1=O. The van der Waals surface area contributed by atoms with Crippen LogP contribution in [0, 0.1) is 5.92 Å². The van der Waals surface area contributed by atoms with Crippen molar-refractivity contribution in [3.63, 3.8) is 0 Å². The van der Waals surface area contributed by atoms with Gasteiger partial charge in [-0.15, -0.1) is 11.8 Å². The molecule has 0 bridgehead atoms. The Labute approximate surface area is 196 Å². The standard InChI is InChI=1S/C25H25F2N3O2S/c1-15-11-29-22(16(2)24(15)31)25(32)28(12-21(26)27)14-30(29)23-18-8-4-3-7-17(18)13-33-20-10-6-5-9-19(20)23/h3-10,15,21,23H,11-14H2,1-2H3.